The quantitative estimate of drug-likeness (QED) is 0.725. The number of hydrogen-bond donors (Lipinski definition) is 2. The van der Waals surface area contributed by atoms with Gasteiger partial charge in [0.15, 0.2) is 0 Å². The third-order valence-electron chi connectivity index (χ3n) is 3.00. The molecular weight excluding hydrogens is 286 g/mol. The lowest BCUT2D eigenvalue weighted by atomic mass is 10.1. The van der Waals surface area contributed by atoms with E-state index in [1.54, 1.807) is 0 Å². The number of aromatic amines is 1. The van der Waals surface area contributed by atoms with Crippen molar-refractivity contribution in [2.24, 2.45) is 0 Å². The maximum absolute atomic E-state index is 11.9. The summed E-state index contributed by atoms with van der Waals surface area (Å²) < 4.78 is 3.74. The molecule has 6 nitrogen and oxygen atoms in total. The van der Waals surface area contributed by atoms with Crippen LogP contribution in [-0.4, -0.2) is 25.3 Å². The van der Waals surface area contributed by atoms with Crippen LogP contribution in [0.3, 0.4) is 0 Å². The molecule has 0 saturated heterocycles. The number of nitrogens with one attached hydrogen (secondary N) is 2. The molecule has 0 radical (unpaired) electrons. The summed E-state index contributed by atoms with van der Waals surface area (Å²) in [4.78, 5) is 11.9. The summed E-state index contributed by atoms with van der Waals surface area (Å²) in [5.74, 6) is -0.152. The van der Waals surface area contributed by atoms with Crippen LogP contribution in [0.5, 0.6) is 0 Å². The third-order valence-corrected chi connectivity index (χ3v) is 3.29. The molecule has 0 bridgehead atoms. The van der Waals surface area contributed by atoms with Gasteiger partial charge in [-0.1, -0.05) is 12.1 Å². The van der Waals surface area contributed by atoms with Crippen LogP contribution >= 0.6 is 12.2 Å². The summed E-state index contributed by atoms with van der Waals surface area (Å²) in [5, 5.41) is 6.31. The Balaban J connectivity index is 1.66. The maximum atomic E-state index is 11.9. The summed E-state index contributed by atoms with van der Waals surface area (Å²) in [6.45, 7) is 0. The van der Waals surface area contributed by atoms with Crippen LogP contribution in [0, 0.1) is 4.77 Å². The maximum Gasteiger partial charge on any atom is 0.243 e. The zero-order valence-electron chi connectivity index (χ0n) is 11.1. The summed E-state index contributed by atoms with van der Waals surface area (Å²) >= 11 is 4.96. The minimum atomic E-state index is -0.152. The van der Waals surface area contributed by atoms with Crippen molar-refractivity contribution in [2.45, 2.75) is 6.42 Å². The first-order chi connectivity index (χ1) is 10.2. The number of carbonyl (C=O) groups is 1. The predicted octanol–water partition coefficient (Wildman–Crippen LogP) is 2.04. The van der Waals surface area contributed by atoms with Crippen molar-refractivity contribution in [1.82, 2.24) is 19.4 Å². The van der Waals surface area contributed by atoms with Crippen LogP contribution in [0.25, 0.3) is 5.69 Å². The Morgan fingerprint density at radius 1 is 1.24 bits per heavy atom. The summed E-state index contributed by atoms with van der Waals surface area (Å²) in [6, 6.07) is 11.8. The Morgan fingerprint density at radius 2 is 1.95 bits per heavy atom. The molecule has 0 aliphatic rings. The predicted molar refractivity (Wildman–Crippen MR) is 81.3 cm³/mol. The fourth-order valence-corrected chi connectivity index (χ4v) is 2.13. The molecule has 3 rings (SSSR count). The molecular formula is C14H13N5OS. The van der Waals surface area contributed by atoms with Crippen LogP contribution in [0.4, 0.5) is 0 Å². The molecule has 0 fully saturated rings. The number of aromatic nitrogens is 4. The average Bonchev–Trinajstić information content (AvgIpc) is 3.12. The highest BCUT2D eigenvalue weighted by atomic mass is 32.1. The van der Waals surface area contributed by atoms with E-state index >= 15 is 0 Å². The van der Waals surface area contributed by atoms with E-state index in [1.807, 2.05) is 53.4 Å². The molecule has 3 aromatic rings. The van der Waals surface area contributed by atoms with Crippen molar-refractivity contribution in [2.75, 3.05) is 5.43 Å². The molecule has 1 amide bonds. The van der Waals surface area contributed by atoms with Crippen LogP contribution in [0.1, 0.15) is 5.56 Å². The van der Waals surface area contributed by atoms with E-state index in [2.05, 4.69) is 15.6 Å². The molecule has 0 aliphatic heterocycles. The van der Waals surface area contributed by atoms with E-state index in [1.165, 1.54) is 11.0 Å². The highest BCUT2D eigenvalue weighted by molar-refractivity contribution is 7.71. The Hall–Kier alpha value is -2.67. The summed E-state index contributed by atoms with van der Waals surface area (Å²) in [7, 11) is 0. The molecule has 2 heterocycles. The fourth-order valence-electron chi connectivity index (χ4n) is 1.98. The van der Waals surface area contributed by atoms with Crippen LogP contribution in [0.2, 0.25) is 0 Å². The van der Waals surface area contributed by atoms with E-state index in [4.69, 9.17) is 12.2 Å². The van der Waals surface area contributed by atoms with Crippen molar-refractivity contribution >= 4 is 18.1 Å². The van der Waals surface area contributed by atoms with Gasteiger partial charge in [0.2, 0.25) is 10.7 Å². The molecule has 106 valence electrons. The van der Waals surface area contributed by atoms with E-state index in [-0.39, 0.29) is 12.3 Å². The van der Waals surface area contributed by atoms with Gasteiger partial charge in [-0.2, -0.15) is 5.10 Å². The number of nitrogens with zero attached hydrogens (tertiary/aromatic N) is 3. The number of carbonyl (C=O) groups excluding carboxylic acids is 1. The minimum absolute atomic E-state index is 0.152. The second-order valence-electron chi connectivity index (χ2n) is 4.50. The van der Waals surface area contributed by atoms with Gasteiger partial charge in [0, 0.05) is 18.1 Å². The first-order valence-corrected chi connectivity index (χ1v) is 6.77. The molecule has 0 aliphatic carbocycles. The molecule has 21 heavy (non-hydrogen) atoms. The standard InChI is InChI=1S/C14H13N5OS/c20-13(17-19-10-15-16-14(19)21)9-11-3-5-12(6-4-11)18-7-1-2-8-18/h1-8,10H,9H2,(H,16,21)(H,17,20). The topological polar surface area (TPSA) is 67.6 Å². The number of hydrogen-bond acceptors (Lipinski definition) is 3. The molecule has 0 unspecified atom stereocenters. The van der Waals surface area contributed by atoms with Crippen molar-refractivity contribution in [3.63, 3.8) is 0 Å². The lowest BCUT2D eigenvalue weighted by Gasteiger charge is -2.06. The monoisotopic (exact) mass is 299 g/mol. The largest absolute Gasteiger partial charge is 0.324 e. The minimum Gasteiger partial charge on any atom is -0.324 e. The summed E-state index contributed by atoms with van der Waals surface area (Å²) in [6.07, 6.45) is 5.65. The van der Waals surface area contributed by atoms with E-state index in [0.717, 1.165) is 11.3 Å². The normalized spacial score (nSPS) is 10.5. The molecule has 2 N–H and O–H groups in total. The summed E-state index contributed by atoms with van der Waals surface area (Å²) in [5.41, 5.74) is 4.64. The van der Waals surface area contributed by atoms with Gasteiger partial charge in [0.05, 0.1) is 6.42 Å². The molecule has 0 saturated carbocycles. The van der Waals surface area contributed by atoms with Crippen LogP contribution in [0.15, 0.2) is 55.1 Å². The van der Waals surface area contributed by atoms with Gasteiger partial charge in [0.25, 0.3) is 0 Å². The highest BCUT2D eigenvalue weighted by Crippen LogP contribution is 2.10. The van der Waals surface area contributed by atoms with E-state index in [0.29, 0.717) is 4.77 Å². The molecule has 2 aromatic heterocycles. The Kier molecular flexibility index (Phi) is 3.65. The third kappa shape index (κ3) is 3.09. The van der Waals surface area contributed by atoms with E-state index in [9.17, 15) is 4.79 Å². The smallest absolute Gasteiger partial charge is 0.243 e. The van der Waals surface area contributed by atoms with Crippen molar-refractivity contribution in [1.29, 1.82) is 0 Å². The second-order valence-corrected chi connectivity index (χ2v) is 4.89. The van der Waals surface area contributed by atoms with Crippen molar-refractivity contribution in [3.05, 3.63) is 65.5 Å². The second kappa shape index (κ2) is 5.76. The van der Waals surface area contributed by atoms with Crippen molar-refractivity contribution in [3.8, 4) is 5.69 Å². The number of amides is 1. The average molecular weight is 299 g/mol. The Labute approximate surface area is 126 Å². The Bertz CT molecular complexity index is 785. The fraction of sp³-hybridized carbons (Fsp3) is 0.0714. The van der Waals surface area contributed by atoms with Gasteiger partial charge >= 0.3 is 0 Å². The number of H-pyrrole nitrogens is 1. The molecule has 1 aromatic carbocycles. The van der Waals surface area contributed by atoms with Gasteiger partial charge in [-0.3, -0.25) is 15.3 Å². The van der Waals surface area contributed by atoms with Gasteiger partial charge < -0.3 is 4.57 Å². The lowest BCUT2D eigenvalue weighted by Crippen LogP contribution is -2.23. The zero-order chi connectivity index (χ0) is 14.7. The van der Waals surface area contributed by atoms with Crippen molar-refractivity contribution < 1.29 is 4.79 Å². The van der Waals surface area contributed by atoms with Gasteiger partial charge in [-0.15, -0.1) is 0 Å². The highest BCUT2D eigenvalue weighted by Gasteiger charge is 2.05. The molecule has 0 atom stereocenters. The van der Waals surface area contributed by atoms with E-state index < -0.39 is 0 Å². The number of benzene rings is 1. The SMILES string of the molecule is O=C(Cc1ccc(-n2cccc2)cc1)Nn1cn[nH]c1=S. The van der Waals surface area contributed by atoms with Crippen LogP contribution < -0.4 is 5.43 Å². The number of rotatable bonds is 4. The van der Waals surface area contributed by atoms with Gasteiger partial charge in [-0.25, -0.2) is 4.68 Å². The van der Waals surface area contributed by atoms with Gasteiger partial charge in [-0.05, 0) is 42.0 Å². The lowest BCUT2D eigenvalue weighted by molar-refractivity contribution is -0.116. The zero-order valence-corrected chi connectivity index (χ0v) is 11.9. The Morgan fingerprint density at radius 3 is 2.57 bits per heavy atom. The first kappa shape index (κ1) is 13.3. The van der Waals surface area contributed by atoms with Crippen LogP contribution in [-0.2, 0) is 11.2 Å². The first-order valence-electron chi connectivity index (χ1n) is 6.36. The van der Waals surface area contributed by atoms with Gasteiger partial charge in [0.1, 0.15) is 6.33 Å². The molecule has 7 heteroatoms. The molecule has 0 spiro atoms.